The molecular formula is C7H10ClN3. The highest BCUT2D eigenvalue weighted by Gasteiger charge is 1.91. The van der Waals surface area contributed by atoms with Crippen LogP contribution in [0.15, 0.2) is 18.2 Å². The third-order valence-corrected chi connectivity index (χ3v) is 1.36. The number of hydrogen-bond acceptors (Lipinski definition) is 3. The Bertz CT molecular complexity index is 227. The van der Waals surface area contributed by atoms with Crippen molar-refractivity contribution in [2.75, 3.05) is 23.5 Å². The lowest BCUT2D eigenvalue weighted by molar-refractivity contribution is 1.17. The van der Waals surface area contributed by atoms with E-state index in [-0.39, 0.29) is 0 Å². The molecule has 0 unspecified atom stereocenters. The summed E-state index contributed by atoms with van der Waals surface area (Å²) in [4.78, 5) is 4.02. The van der Waals surface area contributed by atoms with Gasteiger partial charge >= 0.3 is 0 Å². The van der Waals surface area contributed by atoms with Crippen molar-refractivity contribution >= 4 is 23.2 Å². The maximum Gasteiger partial charge on any atom is 0.128 e. The van der Waals surface area contributed by atoms with Gasteiger partial charge in [-0.3, -0.25) is 0 Å². The number of nitrogens with zero attached hydrogens (tertiary/aromatic N) is 1. The van der Waals surface area contributed by atoms with E-state index in [0.717, 1.165) is 5.82 Å². The van der Waals surface area contributed by atoms with E-state index in [2.05, 4.69) is 10.3 Å². The van der Waals surface area contributed by atoms with Gasteiger partial charge in [0, 0.05) is 12.4 Å². The molecule has 0 saturated carbocycles. The van der Waals surface area contributed by atoms with Gasteiger partial charge in [0.05, 0.1) is 0 Å². The van der Waals surface area contributed by atoms with Gasteiger partial charge in [-0.1, -0.05) is 6.07 Å². The number of aromatic nitrogens is 1. The third-order valence-electron chi connectivity index (χ3n) is 1.17. The molecule has 1 rings (SSSR count). The maximum absolute atomic E-state index is 5.47. The minimum atomic E-state index is 0.518. The summed E-state index contributed by atoms with van der Waals surface area (Å²) in [5, 5.41) is 3.01. The molecule has 0 bridgehead atoms. The van der Waals surface area contributed by atoms with Gasteiger partial charge < -0.3 is 11.1 Å². The molecule has 1 aromatic rings. The number of nitrogen functional groups attached to an aromatic ring is 1. The van der Waals surface area contributed by atoms with E-state index >= 15 is 0 Å². The van der Waals surface area contributed by atoms with Crippen molar-refractivity contribution in [1.29, 1.82) is 0 Å². The molecule has 0 aliphatic rings. The van der Waals surface area contributed by atoms with Gasteiger partial charge in [-0.2, -0.15) is 0 Å². The van der Waals surface area contributed by atoms with Gasteiger partial charge in [0.25, 0.3) is 0 Å². The molecule has 0 fully saturated rings. The number of rotatable bonds is 3. The normalized spacial score (nSPS) is 9.55. The molecule has 3 nitrogen and oxygen atoms in total. The molecule has 0 saturated heterocycles. The third kappa shape index (κ3) is 2.63. The van der Waals surface area contributed by atoms with Crippen LogP contribution in [-0.2, 0) is 0 Å². The molecule has 0 spiro atoms. The van der Waals surface area contributed by atoms with Crippen LogP contribution >= 0.6 is 11.6 Å². The van der Waals surface area contributed by atoms with Crippen LogP contribution in [0.2, 0.25) is 0 Å². The highest BCUT2D eigenvalue weighted by Crippen LogP contribution is 2.04. The summed E-state index contributed by atoms with van der Waals surface area (Å²) in [5.74, 6) is 1.85. The Morgan fingerprint density at radius 3 is 3.00 bits per heavy atom. The summed E-state index contributed by atoms with van der Waals surface area (Å²) in [6, 6.07) is 5.44. The highest BCUT2D eigenvalue weighted by molar-refractivity contribution is 6.18. The fourth-order valence-electron chi connectivity index (χ4n) is 0.725. The van der Waals surface area contributed by atoms with Gasteiger partial charge in [0.2, 0.25) is 0 Å². The van der Waals surface area contributed by atoms with Crippen LogP contribution in [0, 0.1) is 0 Å². The van der Waals surface area contributed by atoms with Crippen molar-refractivity contribution in [1.82, 2.24) is 4.98 Å². The summed E-state index contributed by atoms with van der Waals surface area (Å²) in [6.45, 7) is 0.706. The zero-order valence-corrected chi connectivity index (χ0v) is 6.80. The smallest absolute Gasteiger partial charge is 0.128 e. The maximum atomic E-state index is 5.47. The summed E-state index contributed by atoms with van der Waals surface area (Å²) in [5.41, 5.74) is 5.45. The summed E-state index contributed by atoms with van der Waals surface area (Å²) in [6.07, 6.45) is 0. The molecule has 0 aliphatic carbocycles. The van der Waals surface area contributed by atoms with Crippen LogP contribution in [0.4, 0.5) is 11.6 Å². The highest BCUT2D eigenvalue weighted by atomic mass is 35.5. The monoisotopic (exact) mass is 171 g/mol. The predicted octanol–water partition coefficient (Wildman–Crippen LogP) is 1.31. The number of nitrogens with two attached hydrogens (primary N) is 1. The lowest BCUT2D eigenvalue weighted by Gasteiger charge is -2.02. The molecule has 0 aromatic carbocycles. The van der Waals surface area contributed by atoms with E-state index in [1.165, 1.54) is 0 Å². The average Bonchev–Trinajstić information content (AvgIpc) is 2.01. The van der Waals surface area contributed by atoms with E-state index < -0.39 is 0 Å². The molecular weight excluding hydrogens is 162 g/mol. The van der Waals surface area contributed by atoms with E-state index in [0.29, 0.717) is 18.2 Å². The minimum absolute atomic E-state index is 0.518. The molecule has 4 heteroatoms. The minimum Gasteiger partial charge on any atom is -0.384 e. The fraction of sp³-hybridized carbons (Fsp3) is 0.286. The van der Waals surface area contributed by atoms with Gasteiger partial charge in [-0.25, -0.2) is 4.98 Å². The Kier molecular flexibility index (Phi) is 2.98. The molecule has 60 valence electrons. The molecule has 0 radical (unpaired) electrons. The van der Waals surface area contributed by atoms with Crippen molar-refractivity contribution in [3.63, 3.8) is 0 Å². The Hall–Kier alpha value is -0.960. The van der Waals surface area contributed by atoms with Crippen molar-refractivity contribution in [3.05, 3.63) is 18.2 Å². The molecule has 0 atom stereocenters. The number of nitrogens with one attached hydrogen (secondary N) is 1. The Labute approximate surface area is 70.6 Å². The molecule has 1 heterocycles. The standard InChI is InChI=1S/C7H10ClN3/c8-4-5-10-7-3-1-2-6(9)11-7/h1-3H,4-5H2,(H3,9,10,11). The first-order chi connectivity index (χ1) is 5.33. The molecule has 3 N–H and O–H groups in total. The van der Waals surface area contributed by atoms with Crippen molar-refractivity contribution < 1.29 is 0 Å². The SMILES string of the molecule is Nc1cccc(NCCCl)n1. The fourth-order valence-corrected chi connectivity index (χ4v) is 0.820. The predicted molar refractivity (Wildman–Crippen MR) is 47.9 cm³/mol. The Morgan fingerprint density at radius 1 is 1.55 bits per heavy atom. The number of anilines is 2. The van der Waals surface area contributed by atoms with E-state index in [4.69, 9.17) is 17.3 Å². The Balaban J connectivity index is 2.56. The second kappa shape index (κ2) is 4.03. The molecule has 1 aromatic heterocycles. The first-order valence-corrected chi connectivity index (χ1v) is 3.89. The first-order valence-electron chi connectivity index (χ1n) is 3.35. The van der Waals surface area contributed by atoms with E-state index in [1.807, 2.05) is 12.1 Å². The van der Waals surface area contributed by atoms with Gasteiger partial charge in [-0.05, 0) is 12.1 Å². The Morgan fingerprint density at radius 2 is 2.36 bits per heavy atom. The van der Waals surface area contributed by atoms with Crippen molar-refractivity contribution in [3.8, 4) is 0 Å². The second-order valence-electron chi connectivity index (χ2n) is 2.06. The summed E-state index contributed by atoms with van der Waals surface area (Å²) >= 11 is 5.47. The topological polar surface area (TPSA) is 50.9 Å². The second-order valence-corrected chi connectivity index (χ2v) is 2.44. The molecule has 11 heavy (non-hydrogen) atoms. The van der Waals surface area contributed by atoms with Gasteiger partial charge in [-0.15, -0.1) is 11.6 Å². The number of pyridine rings is 1. The van der Waals surface area contributed by atoms with E-state index in [1.54, 1.807) is 6.07 Å². The quantitative estimate of drug-likeness (QED) is 0.675. The number of halogens is 1. The van der Waals surface area contributed by atoms with E-state index in [9.17, 15) is 0 Å². The van der Waals surface area contributed by atoms with Crippen LogP contribution in [0.3, 0.4) is 0 Å². The van der Waals surface area contributed by atoms with Crippen molar-refractivity contribution in [2.45, 2.75) is 0 Å². The van der Waals surface area contributed by atoms with Gasteiger partial charge in [0.15, 0.2) is 0 Å². The van der Waals surface area contributed by atoms with Crippen LogP contribution in [0.1, 0.15) is 0 Å². The van der Waals surface area contributed by atoms with Crippen LogP contribution in [-0.4, -0.2) is 17.4 Å². The zero-order chi connectivity index (χ0) is 8.10. The molecule has 0 aliphatic heterocycles. The average molecular weight is 172 g/mol. The largest absolute Gasteiger partial charge is 0.384 e. The van der Waals surface area contributed by atoms with Gasteiger partial charge in [0.1, 0.15) is 11.6 Å². The lowest BCUT2D eigenvalue weighted by atomic mass is 10.4. The number of alkyl halides is 1. The van der Waals surface area contributed by atoms with Crippen molar-refractivity contribution in [2.24, 2.45) is 0 Å². The van der Waals surface area contributed by atoms with Crippen LogP contribution < -0.4 is 11.1 Å². The number of hydrogen-bond donors (Lipinski definition) is 2. The zero-order valence-electron chi connectivity index (χ0n) is 6.05. The molecule has 0 amide bonds. The summed E-state index contributed by atoms with van der Waals surface area (Å²) in [7, 11) is 0. The summed E-state index contributed by atoms with van der Waals surface area (Å²) < 4.78 is 0. The first kappa shape index (κ1) is 8.14. The van der Waals surface area contributed by atoms with Crippen LogP contribution in [0.5, 0.6) is 0 Å². The lowest BCUT2D eigenvalue weighted by Crippen LogP contribution is -2.04. The van der Waals surface area contributed by atoms with Crippen LogP contribution in [0.25, 0.3) is 0 Å².